The molecule has 3 heterocycles. The number of sulfonamides is 1. The third-order valence-corrected chi connectivity index (χ3v) is 6.98. The number of benzene rings is 1. The molecule has 0 amide bonds. The second kappa shape index (κ2) is 7.33. The molecule has 1 saturated heterocycles. The van der Waals surface area contributed by atoms with Crippen LogP contribution in [0.4, 0.5) is 5.82 Å². The molecule has 0 bridgehead atoms. The summed E-state index contributed by atoms with van der Waals surface area (Å²) in [7, 11) is -3.49. The van der Waals surface area contributed by atoms with Gasteiger partial charge in [-0.25, -0.2) is 13.4 Å². The Labute approximate surface area is 164 Å². The quantitative estimate of drug-likeness (QED) is 0.666. The largest absolute Gasteiger partial charge is 0.352 e. The van der Waals surface area contributed by atoms with Crippen LogP contribution in [-0.4, -0.2) is 58.7 Å². The van der Waals surface area contributed by atoms with E-state index < -0.39 is 10.0 Å². The van der Waals surface area contributed by atoms with E-state index in [0.717, 1.165) is 16.9 Å². The zero-order valence-corrected chi connectivity index (χ0v) is 16.7. The van der Waals surface area contributed by atoms with Crippen LogP contribution >= 0.6 is 0 Å². The zero-order valence-electron chi connectivity index (χ0n) is 15.9. The Morgan fingerprint density at radius 1 is 0.929 bits per heavy atom. The fraction of sp³-hybridized carbons (Fsp3) is 0.316. The number of hydrogen-bond acceptors (Lipinski definition) is 6. The van der Waals surface area contributed by atoms with Crippen molar-refractivity contribution in [3.63, 3.8) is 0 Å². The van der Waals surface area contributed by atoms with Crippen molar-refractivity contribution >= 4 is 15.8 Å². The number of rotatable bonds is 4. The lowest BCUT2D eigenvalue weighted by molar-refractivity contribution is 0.383. The van der Waals surface area contributed by atoms with Gasteiger partial charge < -0.3 is 4.90 Å². The van der Waals surface area contributed by atoms with Gasteiger partial charge in [-0.1, -0.05) is 17.7 Å². The average Bonchev–Trinajstić information content (AvgIpc) is 3.23. The molecule has 0 N–H and O–H groups in total. The third-order valence-electron chi connectivity index (χ3n) is 4.92. The zero-order chi connectivity index (χ0) is 19.7. The second-order valence-electron chi connectivity index (χ2n) is 6.88. The molecule has 1 aliphatic rings. The molecular weight excluding hydrogens is 376 g/mol. The maximum absolute atomic E-state index is 13.0. The van der Waals surface area contributed by atoms with Gasteiger partial charge in [0.2, 0.25) is 10.0 Å². The predicted molar refractivity (Wildman–Crippen MR) is 106 cm³/mol. The Balaban J connectivity index is 1.45. The van der Waals surface area contributed by atoms with Gasteiger partial charge in [0.05, 0.1) is 4.90 Å². The van der Waals surface area contributed by atoms with Crippen molar-refractivity contribution in [1.29, 1.82) is 0 Å². The topological polar surface area (TPSA) is 84.2 Å². The fourth-order valence-corrected chi connectivity index (χ4v) is 5.03. The smallest absolute Gasteiger partial charge is 0.243 e. The minimum absolute atomic E-state index is 0.385. The number of imidazole rings is 1. The maximum atomic E-state index is 13.0. The van der Waals surface area contributed by atoms with Gasteiger partial charge in [0.1, 0.15) is 6.33 Å². The molecular formula is C19H22N6O2S. The van der Waals surface area contributed by atoms with Gasteiger partial charge in [-0.05, 0) is 37.6 Å². The molecule has 4 rings (SSSR count). The van der Waals surface area contributed by atoms with Crippen molar-refractivity contribution in [1.82, 2.24) is 24.1 Å². The average molecular weight is 398 g/mol. The van der Waals surface area contributed by atoms with Crippen LogP contribution in [0.1, 0.15) is 11.1 Å². The highest BCUT2D eigenvalue weighted by Gasteiger charge is 2.30. The number of piperazine rings is 1. The van der Waals surface area contributed by atoms with Crippen molar-refractivity contribution in [2.75, 3.05) is 31.1 Å². The molecule has 0 unspecified atom stereocenters. The first-order valence-corrected chi connectivity index (χ1v) is 10.5. The van der Waals surface area contributed by atoms with Crippen LogP contribution in [0.5, 0.6) is 0 Å². The van der Waals surface area contributed by atoms with E-state index in [4.69, 9.17) is 0 Å². The van der Waals surface area contributed by atoms with Crippen molar-refractivity contribution in [3.05, 3.63) is 60.2 Å². The van der Waals surface area contributed by atoms with Crippen molar-refractivity contribution in [2.45, 2.75) is 18.7 Å². The summed E-state index contributed by atoms with van der Waals surface area (Å²) in [4.78, 5) is 6.44. The van der Waals surface area contributed by atoms with Gasteiger partial charge in [-0.15, -0.1) is 10.2 Å². The standard InChI is InChI=1S/C19H22N6O2S/c1-15-3-4-17(16(2)13-15)28(26,27)25-11-9-23(10-12-25)18-5-6-19(22-21-18)24-8-7-20-14-24/h3-8,13-14H,9-12H2,1-2H3. The summed E-state index contributed by atoms with van der Waals surface area (Å²) in [6, 6.07) is 9.22. The Morgan fingerprint density at radius 3 is 2.25 bits per heavy atom. The highest BCUT2D eigenvalue weighted by Crippen LogP contribution is 2.23. The second-order valence-corrected chi connectivity index (χ2v) is 8.79. The monoisotopic (exact) mass is 398 g/mol. The number of nitrogens with zero attached hydrogens (tertiary/aromatic N) is 6. The number of aryl methyl sites for hydroxylation is 2. The molecule has 0 radical (unpaired) electrons. The molecule has 1 aromatic carbocycles. The molecule has 0 spiro atoms. The van der Waals surface area contributed by atoms with E-state index in [9.17, 15) is 8.42 Å². The highest BCUT2D eigenvalue weighted by atomic mass is 32.2. The van der Waals surface area contributed by atoms with Crippen molar-refractivity contribution < 1.29 is 8.42 Å². The van der Waals surface area contributed by atoms with Crippen LogP contribution in [0.2, 0.25) is 0 Å². The van der Waals surface area contributed by atoms with Crippen molar-refractivity contribution in [3.8, 4) is 5.82 Å². The minimum Gasteiger partial charge on any atom is -0.352 e. The molecule has 3 aromatic rings. The number of hydrogen-bond donors (Lipinski definition) is 0. The van der Waals surface area contributed by atoms with Gasteiger partial charge in [0.25, 0.3) is 0 Å². The molecule has 2 aromatic heterocycles. The normalized spacial score (nSPS) is 15.7. The Kier molecular flexibility index (Phi) is 4.86. The van der Waals surface area contributed by atoms with E-state index in [2.05, 4.69) is 20.1 Å². The molecule has 146 valence electrons. The Morgan fingerprint density at radius 2 is 1.64 bits per heavy atom. The number of anilines is 1. The third kappa shape index (κ3) is 3.50. The molecule has 28 heavy (non-hydrogen) atoms. The van der Waals surface area contributed by atoms with Crippen LogP contribution in [0.15, 0.2) is 53.9 Å². The fourth-order valence-electron chi connectivity index (χ4n) is 3.40. The minimum atomic E-state index is -3.49. The molecule has 1 fully saturated rings. The Bertz CT molecular complexity index is 1060. The molecule has 8 nitrogen and oxygen atoms in total. The van der Waals surface area contributed by atoms with Crippen LogP contribution < -0.4 is 4.90 Å². The van der Waals surface area contributed by atoms with Crippen LogP contribution in [-0.2, 0) is 10.0 Å². The Hall–Kier alpha value is -2.78. The highest BCUT2D eigenvalue weighted by molar-refractivity contribution is 7.89. The maximum Gasteiger partial charge on any atom is 0.243 e. The lowest BCUT2D eigenvalue weighted by Gasteiger charge is -2.34. The van der Waals surface area contributed by atoms with Gasteiger partial charge in [0.15, 0.2) is 11.6 Å². The molecule has 0 atom stereocenters. The number of aromatic nitrogens is 4. The summed E-state index contributed by atoms with van der Waals surface area (Å²) in [6.45, 7) is 5.78. The summed E-state index contributed by atoms with van der Waals surface area (Å²) < 4.78 is 29.4. The van der Waals surface area contributed by atoms with E-state index in [1.54, 1.807) is 33.7 Å². The summed E-state index contributed by atoms with van der Waals surface area (Å²) in [6.07, 6.45) is 5.16. The molecule has 1 aliphatic heterocycles. The van der Waals surface area contributed by atoms with E-state index >= 15 is 0 Å². The van der Waals surface area contributed by atoms with Gasteiger partial charge in [0, 0.05) is 38.6 Å². The molecule has 0 saturated carbocycles. The molecule has 0 aliphatic carbocycles. The molecule has 9 heteroatoms. The van der Waals surface area contributed by atoms with Crippen LogP contribution in [0.3, 0.4) is 0 Å². The van der Waals surface area contributed by atoms with Crippen LogP contribution in [0.25, 0.3) is 5.82 Å². The lowest BCUT2D eigenvalue weighted by atomic mass is 10.2. The first-order valence-electron chi connectivity index (χ1n) is 9.09. The van der Waals surface area contributed by atoms with Gasteiger partial charge in [-0.2, -0.15) is 4.31 Å². The summed E-state index contributed by atoms with van der Waals surface area (Å²) in [5.41, 5.74) is 1.84. The summed E-state index contributed by atoms with van der Waals surface area (Å²) >= 11 is 0. The van der Waals surface area contributed by atoms with Gasteiger partial charge in [-0.3, -0.25) is 4.57 Å². The van der Waals surface area contributed by atoms with Crippen molar-refractivity contribution in [2.24, 2.45) is 0 Å². The lowest BCUT2D eigenvalue weighted by Crippen LogP contribution is -2.49. The summed E-state index contributed by atoms with van der Waals surface area (Å²) in [5, 5.41) is 8.52. The van der Waals surface area contributed by atoms with Gasteiger partial charge >= 0.3 is 0 Å². The SMILES string of the molecule is Cc1ccc(S(=O)(=O)N2CCN(c3ccc(-n4ccnc4)nn3)CC2)c(C)c1. The van der Waals surface area contributed by atoms with E-state index in [0.29, 0.717) is 36.9 Å². The van der Waals surface area contributed by atoms with E-state index in [1.807, 2.05) is 38.1 Å². The van der Waals surface area contributed by atoms with E-state index in [1.165, 1.54) is 0 Å². The predicted octanol–water partition coefficient (Wildman–Crippen LogP) is 1.79. The first kappa shape index (κ1) is 18.6. The van der Waals surface area contributed by atoms with E-state index in [-0.39, 0.29) is 0 Å². The van der Waals surface area contributed by atoms with Crippen LogP contribution in [0, 0.1) is 13.8 Å². The first-order chi connectivity index (χ1) is 13.4. The summed E-state index contributed by atoms with van der Waals surface area (Å²) in [5.74, 6) is 1.43.